The third-order valence-electron chi connectivity index (χ3n) is 2.79. The van der Waals surface area contributed by atoms with Gasteiger partial charge in [-0.1, -0.05) is 6.42 Å². The monoisotopic (exact) mass is 180 g/mol. The first-order valence-electron chi connectivity index (χ1n) is 4.97. The van der Waals surface area contributed by atoms with E-state index in [-0.39, 0.29) is 0 Å². The Labute approximate surface area is 78.8 Å². The normalized spacial score (nSPS) is 24.8. The largest absolute Gasteiger partial charge is 0.451 e. The van der Waals surface area contributed by atoms with Gasteiger partial charge in [-0.3, -0.25) is 4.90 Å². The molecule has 0 aromatic carbocycles. The SMILES string of the molecule is CC1CCCCN1Cc1cocn1. The first-order chi connectivity index (χ1) is 6.36. The van der Waals surface area contributed by atoms with Crippen LogP contribution in [0, 0.1) is 0 Å². The molecule has 1 aliphatic rings. The lowest BCUT2D eigenvalue weighted by atomic mass is 10.0. The lowest BCUT2D eigenvalue weighted by molar-refractivity contribution is 0.151. The molecule has 0 N–H and O–H groups in total. The molecule has 1 aromatic heterocycles. The summed E-state index contributed by atoms with van der Waals surface area (Å²) in [6.07, 6.45) is 7.25. The van der Waals surface area contributed by atoms with Gasteiger partial charge in [0.25, 0.3) is 0 Å². The van der Waals surface area contributed by atoms with Gasteiger partial charge in [0, 0.05) is 12.6 Å². The average molecular weight is 180 g/mol. The zero-order valence-electron chi connectivity index (χ0n) is 8.07. The Hall–Kier alpha value is -0.830. The average Bonchev–Trinajstić information content (AvgIpc) is 2.61. The van der Waals surface area contributed by atoms with Crippen LogP contribution in [0.4, 0.5) is 0 Å². The second-order valence-electron chi connectivity index (χ2n) is 3.80. The van der Waals surface area contributed by atoms with Crippen molar-refractivity contribution in [2.24, 2.45) is 0 Å². The van der Waals surface area contributed by atoms with Crippen LogP contribution in [0.25, 0.3) is 0 Å². The number of aromatic nitrogens is 1. The number of hydrogen-bond donors (Lipinski definition) is 0. The van der Waals surface area contributed by atoms with Crippen LogP contribution in [0.5, 0.6) is 0 Å². The van der Waals surface area contributed by atoms with E-state index in [2.05, 4.69) is 16.8 Å². The molecule has 0 amide bonds. The molecule has 1 aliphatic heterocycles. The zero-order chi connectivity index (χ0) is 9.10. The molecule has 2 heterocycles. The number of hydrogen-bond acceptors (Lipinski definition) is 3. The molecule has 0 aliphatic carbocycles. The fraction of sp³-hybridized carbons (Fsp3) is 0.700. The van der Waals surface area contributed by atoms with E-state index >= 15 is 0 Å². The maximum Gasteiger partial charge on any atom is 0.180 e. The number of piperidine rings is 1. The van der Waals surface area contributed by atoms with Crippen molar-refractivity contribution in [2.75, 3.05) is 6.54 Å². The smallest absolute Gasteiger partial charge is 0.180 e. The van der Waals surface area contributed by atoms with Crippen LogP contribution in [0.15, 0.2) is 17.1 Å². The quantitative estimate of drug-likeness (QED) is 0.697. The molecular formula is C10H16N2O. The Bertz CT molecular complexity index is 245. The van der Waals surface area contributed by atoms with E-state index in [0.717, 1.165) is 12.2 Å². The van der Waals surface area contributed by atoms with Gasteiger partial charge < -0.3 is 4.42 Å². The number of rotatable bonds is 2. The predicted octanol–water partition coefficient (Wildman–Crippen LogP) is 2.05. The Morgan fingerprint density at radius 1 is 1.62 bits per heavy atom. The highest BCUT2D eigenvalue weighted by Crippen LogP contribution is 2.18. The van der Waals surface area contributed by atoms with Crippen molar-refractivity contribution in [2.45, 2.75) is 38.8 Å². The highest BCUT2D eigenvalue weighted by molar-refractivity contribution is 4.92. The minimum absolute atomic E-state index is 0.699. The van der Waals surface area contributed by atoms with Crippen LogP contribution in [-0.2, 0) is 6.54 Å². The van der Waals surface area contributed by atoms with Crippen molar-refractivity contribution in [3.05, 3.63) is 18.4 Å². The third-order valence-corrected chi connectivity index (χ3v) is 2.79. The minimum Gasteiger partial charge on any atom is -0.451 e. The van der Waals surface area contributed by atoms with E-state index in [9.17, 15) is 0 Å². The van der Waals surface area contributed by atoms with E-state index in [1.54, 1.807) is 6.26 Å². The maximum atomic E-state index is 4.95. The molecule has 3 nitrogen and oxygen atoms in total. The molecular weight excluding hydrogens is 164 g/mol. The topological polar surface area (TPSA) is 29.3 Å². The number of likely N-dealkylation sites (tertiary alicyclic amines) is 1. The van der Waals surface area contributed by atoms with E-state index in [0.29, 0.717) is 6.04 Å². The van der Waals surface area contributed by atoms with Gasteiger partial charge in [-0.15, -0.1) is 0 Å². The van der Waals surface area contributed by atoms with Gasteiger partial charge in [0.1, 0.15) is 6.26 Å². The van der Waals surface area contributed by atoms with E-state index in [1.165, 1.54) is 32.2 Å². The molecule has 13 heavy (non-hydrogen) atoms. The van der Waals surface area contributed by atoms with Crippen molar-refractivity contribution >= 4 is 0 Å². The second-order valence-corrected chi connectivity index (χ2v) is 3.80. The van der Waals surface area contributed by atoms with Crippen LogP contribution in [-0.4, -0.2) is 22.5 Å². The zero-order valence-corrected chi connectivity index (χ0v) is 8.07. The third kappa shape index (κ3) is 2.10. The summed E-state index contributed by atoms with van der Waals surface area (Å²) in [6, 6.07) is 0.699. The van der Waals surface area contributed by atoms with Crippen LogP contribution in [0.2, 0.25) is 0 Å². The van der Waals surface area contributed by atoms with Gasteiger partial charge in [-0.2, -0.15) is 0 Å². The molecule has 1 saturated heterocycles. The van der Waals surface area contributed by atoms with Crippen LogP contribution >= 0.6 is 0 Å². The van der Waals surface area contributed by atoms with Crippen LogP contribution in [0.3, 0.4) is 0 Å². The molecule has 0 bridgehead atoms. The van der Waals surface area contributed by atoms with Crippen molar-refractivity contribution in [3.8, 4) is 0 Å². The molecule has 72 valence electrons. The molecule has 0 spiro atoms. The summed E-state index contributed by atoms with van der Waals surface area (Å²) in [4.78, 5) is 6.61. The summed E-state index contributed by atoms with van der Waals surface area (Å²) in [7, 11) is 0. The lowest BCUT2D eigenvalue weighted by Gasteiger charge is -2.32. The van der Waals surface area contributed by atoms with Gasteiger partial charge in [-0.25, -0.2) is 4.98 Å². The molecule has 3 heteroatoms. The Morgan fingerprint density at radius 2 is 2.54 bits per heavy atom. The van der Waals surface area contributed by atoms with Gasteiger partial charge >= 0.3 is 0 Å². The van der Waals surface area contributed by atoms with E-state index in [4.69, 9.17) is 4.42 Å². The fourth-order valence-electron chi connectivity index (χ4n) is 1.92. The van der Waals surface area contributed by atoms with Gasteiger partial charge in [0.15, 0.2) is 6.39 Å². The summed E-state index contributed by atoms with van der Waals surface area (Å²) < 4.78 is 4.95. The highest BCUT2D eigenvalue weighted by atomic mass is 16.3. The second kappa shape index (κ2) is 3.92. The van der Waals surface area contributed by atoms with Crippen molar-refractivity contribution in [1.82, 2.24) is 9.88 Å². The van der Waals surface area contributed by atoms with Gasteiger partial charge in [0.2, 0.25) is 0 Å². The first-order valence-corrected chi connectivity index (χ1v) is 4.97. The van der Waals surface area contributed by atoms with Crippen molar-refractivity contribution in [3.63, 3.8) is 0 Å². The summed E-state index contributed by atoms with van der Waals surface area (Å²) >= 11 is 0. The number of oxazole rings is 1. The standard InChI is InChI=1S/C10H16N2O/c1-9-4-2-3-5-12(9)6-10-7-13-8-11-10/h7-9H,2-6H2,1H3. The summed E-state index contributed by atoms with van der Waals surface area (Å²) in [5.74, 6) is 0. The Kier molecular flexibility index (Phi) is 2.64. The Balaban J connectivity index is 1.93. The minimum atomic E-state index is 0.699. The van der Waals surface area contributed by atoms with Crippen molar-refractivity contribution in [1.29, 1.82) is 0 Å². The fourth-order valence-corrected chi connectivity index (χ4v) is 1.92. The number of nitrogens with zero attached hydrogens (tertiary/aromatic N) is 2. The molecule has 1 atom stereocenters. The Morgan fingerprint density at radius 3 is 3.23 bits per heavy atom. The van der Waals surface area contributed by atoms with Gasteiger partial charge in [0.05, 0.1) is 5.69 Å². The summed E-state index contributed by atoms with van der Waals surface area (Å²) in [5.41, 5.74) is 1.05. The van der Waals surface area contributed by atoms with Crippen LogP contribution < -0.4 is 0 Å². The van der Waals surface area contributed by atoms with Crippen molar-refractivity contribution < 1.29 is 4.42 Å². The first kappa shape index (κ1) is 8.75. The molecule has 0 saturated carbocycles. The maximum absolute atomic E-state index is 4.95. The highest BCUT2D eigenvalue weighted by Gasteiger charge is 2.18. The molecule has 1 fully saturated rings. The van der Waals surface area contributed by atoms with Gasteiger partial charge in [-0.05, 0) is 26.3 Å². The van der Waals surface area contributed by atoms with E-state index < -0.39 is 0 Å². The summed E-state index contributed by atoms with van der Waals surface area (Å²) in [6.45, 7) is 4.44. The summed E-state index contributed by atoms with van der Waals surface area (Å²) in [5, 5.41) is 0. The predicted molar refractivity (Wildman–Crippen MR) is 50.2 cm³/mol. The molecule has 1 aromatic rings. The molecule has 0 radical (unpaired) electrons. The molecule has 1 unspecified atom stereocenters. The van der Waals surface area contributed by atoms with E-state index in [1.807, 2.05) is 0 Å². The van der Waals surface area contributed by atoms with Crippen LogP contribution in [0.1, 0.15) is 31.9 Å². The molecule has 2 rings (SSSR count). The lowest BCUT2D eigenvalue weighted by Crippen LogP contribution is -2.36.